The molecule has 1 amide bonds. The van der Waals surface area contributed by atoms with E-state index in [4.69, 9.17) is 9.15 Å². The van der Waals surface area contributed by atoms with E-state index in [2.05, 4.69) is 9.97 Å². The Morgan fingerprint density at radius 1 is 1.32 bits per heavy atom. The lowest BCUT2D eigenvalue weighted by atomic mass is 9.91. The summed E-state index contributed by atoms with van der Waals surface area (Å²) in [5.41, 5.74) is 2.13. The first-order valence-electron chi connectivity index (χ1n) is 9.51. The Morgan fingerprint density at radius 3 is 2.86 bits per heavy atom. The highest BCUT2D eigenvalue weighted by atomic mass is 16.5. The summed E-state index contributed by atoms with van der Waals surface area (Å²) in [5, 5.41) is 0.954. The van der Waals surface area contributed by atoms with Crippen LogP contribution in [0.25, 0.3) is 11.0 Å². The lowest BCUT2D eigenvalue weighted by Crippen LogP contribution is -2.37. The molecule has 1 atom stereocenters. The molecule has 1 aromatic carbocycles. The second-order valence-electron chi connectivity index (χ2n) is 7.20. The van der Waals surface area contributed by atoms with Gasteiger partial charge in [0.15, 0.2) is 6.10 Å². The predicted molar refractivity (Wildman–Crippen MR) is 104 cm³/mol. The maximum atomic E-state index is 12.6. The molecule has 1 unspecified atom stereocenters. The number of hydrogen-bond acceptors (Lipinski definition) is 5. The number of rotatable bonds is 5. The molecule has 2 aromatic heterocycles. The van der Waals surface area contributed by atoms with Gasteiger partial charge in [-0.1, -0.05) is 0 Å². The van der Waals surface area contributed by atoms with Gasteiger partial charge in [0.2, 0.25) is 0 Å². The van der Waals surface area contributed by atoms with Crippen LogP contribution >= 0.6 is 0 Å². The molecular weight excluding hydrogens is 358 g/mol. The maximum Gasteiger partial charge on any atom is 0.339 e. The van der Waals surface area contributed by atoms with Crippen LogP contribution < -0.4 is 10.4 Å². The van der Waals surface area contributed by atoms with Gasteiger partial charge in [0.1, 0.15) is 17.2 Å². The summed E-state index contributed by atoms with van der Waals surface area (Å²) in [6.07, 6.45) is 6.46. The zero-order valence-electron chi connectivity index (χ0n) is 16.0. The standard InChI is InChI=1S/C21H23N3O4/c1-13(20(25)24(2)12-19-22-9-10-23-19)27-14-7-8-16-15-5-3-4-6-17(15)21(26)28-18(16)11-14/h7-11,13H,3-6,12H2,1-2H3,(H,22,23). The minimum absolute atomic E-state index is 0.164. The first-order valence-corrected chi connectivity index (χ1v) is 9.51. The Bertz CT molecular complexity index is 1060. The fourth-order valence-electron chi connectivity index (χ4n) is 3.75. The second-order valence-corrected chi connectivity index (χ2v) is 7.20. The number of benzene rings is 1. The first kappa shape index (κ1) is 18.3. The number of carbonyl (C=O) groups excluding carboxylic acids is 1. The monoisotopic (exact) mass is 381 g/mol. The molecule has 146 valence electrons. The molecule has 0 radical (unpaired) electrons. The predicted octanol–water partition coefficient (Wildman–Crippen LogP) is 2.82. The molecular formula is C21H23N3O4. The fraction of sp³-hybridized carbons (Fsp3) is 0.381. The van der Waals surface area contributed by atoms with Crippen molar-refractivity contribution in [1.82, 2.24) is 14.9 Å². The van der Waals surface area contributed by atoms with E-state index in [1.165, 1.54) is 0 Å². The molecule has 7 heteroatoms. The van der Waals surface area contributed by atoms with E-state index in [0.717, 1.165) is 42.2 Å². The van der Waals surface area contributed by atoms with Crippen LogP contribution in [-0.4, -0.2) is 33.9 Å². The van der Waals surface area contributed by atoms with E-state index >= 15 is 0 Å². The van der Waals surface area contributed by atoms with Crippen molar-refractivity contribution in [2.75, 3.05) is 7.05 Å². The minimum atomic E-state index is -0.679. The zero-order chi connectivity index (χ0) is 19.7. The first-order chi connectivity index (χ1) is 13.5. The van der Waals surface area contributed by atoms with Gasteiger partial charge in [0.05, 0.1) is 6.54 Å². The fourth-order valence-corrected chi connectivity index (χ4v) is 3.75. The van der Waals surface area contributed by atoms with Crippen LogP contribution in [0.2, 0.25) is 0 Å². The number of ether oxygens (including phenoxy) is 1. The van der Waals surface area contributed by atoms with Gasteiger partial charge >= 0.3 is 5.63 Å². The molecule has 4 rings (SSSR count). The molecule has 0 saturated carbocycles. The van der Waals surface area contributed by atoms with Gasteiger partial charge < -0.3 is 19.0 Å². The van der Waals surface area contributed by atoms with Crippen LogP contribution in [0.1, 0.15) is 36.7 Å². The van der Waals surface area contributed by atoms with Crippen molar-refractivity contribution in [3.63, 3.8) is 0 Å². The number of aryl methyl sites for hydroxylation is 1. The smallest absolute Gasteiger partial charge is 0.339 e. The highest BCUT2D eigenvalue weighted by molar-refractivity contribution is 5.83. The van der Waals surface area contributed by atoms with Crippen molar-refractivity contribution in [2.45, 2.75) is 45.3 Å². The van der Waals surface area contributed by atoms with E-state index in [1.807, 2.05) is 12.1 Å². The number of carbonyl (C=O) groups is 1. The summed E-state index contributed by atoms with van der Waals surface area (Å²) < 4.78 is 11.3. The maximum absolute atomic E-state index is 12.6. The van der Waals surface area contributed by atoms with E-state index in [9.17, 15) is 9.59 Å². The lowest BCUT2D eigenvalue weighted by Gasteiger charge is -2.21. The zero-order valence-corrected chi connectivity index (χ0v) is 16.0. The van der Waals surface area contributed by atoms with Gasteiger partial charge in [-0.2, -0.15) is 0 Å². The number of likely N-dealkylation sites (N-methyl/N-ethyl adjacent to an activating group) is 1. The Labute approximate surface area is 162 Å². The number of H-pyrrole nitrogens is 1. The molecule has 1 aliphatic rings. The number of hydrogen-bond donors (Lipinski definition) is 1. The Morgan fingerprint density at radius 2 is 2.11 bits per heavy atom. The molecule has 28 heavy (non-hydrogen) atoms. The van der Waals surface area contributed by atoms with Gasteiger partial charge in [-0.15, -0.1) is 0 Å². The van der Waals surface area contributed by atoms with Crippen molar-refractivity contribution >= 4 is 16.9 Å². The van der Waals surface area contributed by atoms with Gasteiger partial charge in [0.25, 0.3) is 5.91 Å². The Hall–Kier alpha value is -3.09. The number of aromatic nitrogens is 2. The van der Waals surface area contributed by atoms with Crippen LogP contribution in [0.5, 0.6) is 5.75 Å². The number of imidazole rings is 1. The summed E-state index contributed by atoms with van der Waals surface area (Å²) in [7, 11) is 1.70. The van der Waals surface area contributed by atoms with Crippen molar-refractivity contribution in [2.24, 2.45) is 0 Å². The number of amides is 1. The van der Waals surface area contributed by atoms with Crippen LogP contribution in [0.15, 0.2) is 39.8 Å². The van der Waals surface area contributed by atoms with Crippen molar-refractivity contribution < 1.29 is 13.9 Å². The van der Waals surface area contributed by atoms with E-state index in [-0.39, 0.29) is 11.5 Å². The molecule has 7 nitrogen and oxygen atoms in total. The molecule has 3 aromatic rings. The molecule has 2 heterocycles. The lowest BCUT2D eigenvalue weighted by molar-refractivity contribution is -0.137. The normalized spacial score (nSPS) is 14.5. The second kappa shape index (κ2) is 7.50. The SMILES string of the molecule is CC(Oc1ccc2c3c(c(=O)oc2c1)CCCC3)C(=O)N(C)Cc1ncc[nH]1. The molecule has 0 fully saturated rings. The van der Waals surface area contributed by atoms with E-state index < -0.39 is 6.10 Å². The number of nitrogens with one attached hydrogen (secondary N) is 1. The van der Waals surface area contributed by atoms with Gasteiger partial charge in [0, 0.05) is 36.5 Å². The quantitative estimate of drug-likeness (QED) is 0.687. The van der Waals surface area contributed by atoms with Gasteiger partial charge in [-0.05, 0) is 50.3 Å². The molecule has 0 aliphatic heterocycles. The summed E-state index contributed by atoms with van der Waals surface area (Å²) in [6.45, 7) is 2.08. The van der Waals surface area contributed by atoms with Crippen LogP contribution in [0, 0.1) is 0 Å². The average Bonchev–Trinajstić information content (AvgIpc) is 3.20. The summed E-state index contributed by atoms with van der Waals surface area (Å²) >= 11 is 0. The molecule has 1 aliphatic carbocycles. The molecule has 1 N–H and O–H groups in total. The topological polar surface area (TPSA) is 88.4 Å². The van der Waals surface area contributed by atoms with Crippen molar-refractivity contribution in [3.8, 4) is 5.75 Å². The number of nitrogens with zero attached hydrogens (tertiary/aromatic N) is 2. The molecule has 0 spiro atoms. The van der Waals surface area contributed by atoms with Gasteiger partial charge in [-0.25, -0.2) is 9.78 Å². The summed E-state index contributed by atoms with van der Waals surface area (Å²) in [5.74, 6) is 1.04. The number of aromatic amines is 1. The highest BCUT2D eigenvalue weighted by Gasteiger charge is 2.22. The summed E-state index contributed by atoms with van der Waals surface area (Å²) in [4.78, 5) is 33.5. The van der Waals surface area contributed by atoms with Crippen LogP contribution in [0.3, 0.4) is 0 Å². The summed E-state index contributed by atoms with van der Waals surface area (Å²) in [6, 6.07) is 5.44. The van der Waals surface area contributed by atoms with E-state index in [1.54, 1.807) is 37.3 Å². The Kier molecular flexibility index (Phi) is 4.90. The van der Waals surface area contributed by atoms with Crippen molar-refractivity contribution in [3.05, 3.63) is 58.0 Å². The number of fused-ring (bicyclic) bond motifs is 3. The third kappa shape index (κ3) is 3.52. The molecule has 0 saturated heterocycles. The van der Waals surface area contributed by atoms with Crippen LogP contribution in [0.4, 0.5) is 0 Å². The van der Waals surface area contributed by atoms with Crippen LogP contribution in [-0.2, 0) is 24.2 Å². The van der Waals surface area contributed by atoms with Gasteiger partial charge in [-0.3, -0.25) is 4.79 Å². The largest absolute Gasteiger partial charge is 0.481 e. The third-order valence-electron chi connectivity index (χ3n) is 5.17. The average molecular weight is 381 g/mol. The third-order valence-corrected chi connectivity index (χ3v) is 5.17. The Balaban J connectivity index is 1.52. The molecule has 0 bridgehead atoms. The van der Waals surface area contributed by atoms with Crippen molar-refractivity contribution in [1.29, 1.82) is 0 Å². The minimum Gasteiger partial charge on any atom is -0.481 e. The van der Waals surface area contributed by atoms with E-state index in [0.29, 0.717) is 23.7 Å². The highest BCUT2D eigenvalue weighted by Crippen LogP contribution is 2.29.